The second-order valence-electron chi connectivity index (χ2n) is 6.88. The SMILES string of the molecule is Cc1cccc(OCC(=O)NNC(=O)C2CCCN2C2CCOCC2)c1. The van der Waals surface area contributed by atoms with Crippen LogP contribution < -0.4 is 15.6 Å². The van der Waals surface area contributed by atoms with Crippen LogP contribution in [0.5, 0.6) is 5.75 Å². The number of amides is 2. The first-order chi connectivity index (χ1) is 12.6. The third-order valence-electron chi connectivity index (χ3n) is 4.94. The second-order valence-corrected chi connectivity index (χ2v) is 6.88. The zero-order valence-electron chi connectivity index (χ0n) is 15.2. The lowest BCUT2D eigenvalue weighted by Crippen LogP contribution is -2.53. The molecule has 2 N–H and O–H groups in total. The average molecular weight is 361 g/mol. The minimum Gasteiger partial charge on any atom is -0.484 e. The molecule has 0 radical (unpaired) electrons. The number of nitrogens with zero attached hydrogens (tertiary/aromatic N) is 1. The Bertz CT molecular complexity index is 631. The first-order valence-electron chi connectivity index (χ1n) is 9.25. The summed E-state index contributed by atoms with van der Waals surface area (Å²) in [5, 5.41) is 0. The number of carbonyl (C=O) groups is 2. The Morgan fingerprint density at radius 1 is 1.23 bits per heavy atom. The Labute approximate surface area is 154 Å². The molecule has 2 fully saturated rings. The van der Waals surface area contributed by atoms with E-state index in [1.165, 1.54) is 0 Å². The molecular weight excluding hydrogens is 334 g/mol. The van der Waals surface area contributed by atoms with Gasteiger partial charge in [-0.25, -0.2) is 0 Å². The second kappa shape index (κ2) is 9.00. The fourth-order valence-corrected chi connectivity index (χ4v) is 3.63. The van der Waals surface area contributed by atoms with Gasteiger partial charge in [0.05, 0.1) is 6.04 Å². The van der Waals surface area contributed by atoms with Crippen molar-refractivity contribution in [3.63, 3.8) is 0 Å². The Hall–Kier alpha value is -2.12. The van der Waals surface area contributed by atoms with E-state index < -0.39 is 0 Å². The molecule has 0 spiro atoms. The number of nitrogens with one attached hydrogen (secondary N) is 2. The van der Waals surface area contributed by atoms with Crippen molar-refractivity contribution in [3.05, 3.63) is 29.8 Å². The summed E-state index contributed by atoms with van der Waals surface area (Å²) in [7, 11) is 0. The Kier molecular flexibility index (Phi) is 6.46. The van der Waals surface area contributed by atoms with E-state index in [9.17, 15) is 9.59 Å². The molecule has 0 aliphatic carbocycles. The topological polar surface area (TPSA) is 79.9 Å². The normalized spacial score (nSPS) is 21.3. The van der Waals surface area contributed by atoms with Crippen LogP contribution in [0.2, 0.25) is 0 Å². The van der Waals surface area contributed by atoms with Crippen molar-refractivity contribution in [2.24, 2.45) is 0 Å². The Balaban J connectivity index is 1.43. The smallest absolute Gasteiger partial charge is 0.276 e. The van der Waals surface area contributed by atoms with Crippen molar-refractivity contribution in [1.82, 2.24) is 15.8 Å². The van der Waals surface area contributed by atoms with E-state index >= 15 is 0 Å². The maximum absolute atomic E-state index is 12.5. The first-order valence-corrected chi connectivity index (χ1v) is 9.25. The zero-order chi connectivity index (χ0) is 18.4. The highest BCUT2D eigenvalue weighted by molar-refractivity contribution is 5.86. The van der Waals surface area contributed by atoms with Crippen LogP contribution in [0.15, 0.2) is 24.3 Å². The van der Waals surface area contributed by atoms with Gasteiger partial charge in [-0.15, -0.1) is 0 Å². The number of ether oxygens (including phenoxy) is 2. The van der Waals surface area contributed by atoms with Crippen molar-refractivity contribution in [2.45, 2.75) is 44.7 Å². The minimum atomic E-state index is -0.379. The van der Waals surface area contributed by atoms with Crippen LogP contribution >= 0.6 is 0 Å². The van der Waals surface area contributed by atoms with E-state index in [1.54, 1.807) is 6.07 Å². The zero-order valence-corrected chi connectivity index (χ0v) is 15.2. The molecule has 2 amide bonds. The van der Waals surface area contributed by atoms with Crippen molar-refractivity contribution in [2.75, 3.05) is 26.4 Å². The molecule has 26 heavy (non-hydrogen) atoms. The molecule has 7 heteroatoms. The van der Waals surface area contributed by atoms with Crippen molar-refractivity contribution in [1.29, 1.82) is 0 Å². The number of carbonyl (C=O) groups excluding carboxylic acids is 2. The summed E-state index contributed by atoms with van der Waals surface area (Å²) in [6.45, 7) is 4.25. The van der Waals surface area contributed by atoms with Gasteiger partial charge in [-0.1, -0.05) is 12.1 Å². The Morgan fingerprint density at radius 3 is 2.81 bits per heavy atom. The van der Waals surface area contributed by atoms with Gasteiger partial charge in [-0.2, -0.15) is 0 Å². The minimum absolute atomic E-state index is 0.141. The summed E-state index contributed by atoms with van der Waals surface area (Å²) in [5.74, 6) is 0.0985. The number of aryl methyl sites for hydroxylation is 1. The van der Waals surface area contributed by atoms with Gasteiger partial charge in [0.15, 0.2) is 6.61 Å². The standard InChI is InChI=1S/C19H27N3O4/c1-14-4-2-5-16(12-14)26-13-18(23)20-21-19(24)17-6-3-9-22(17)15-7-10-25-11-8-15/h2,4-5,12,15,17H,3,6-11,13H2,1H3,(H,20,23)(H,21,24). The molecule has 2 aliphatic rings. The molecular formula is C19H27N3O4. The van der Waals surface area contributed by atoms with Gasteiger partial charge in [0.2, 0.25) is 0 Å². The quantitative estimate of drug-likeness (QED) is 0.770. The lowest BCUT2D eigenvalue weighted by Gasteiger charge is -2.34. The van der Waals surface area contributed by atoms with Gasteiger partial charge in [-0.05, 0) is 56.8 Å². The monoisotopic (exact) mass is 361 g/mol. The number of rotatable bonds is 5. The van der Waals surface area contributed by atoms with E-state index in [2.05, 4.69) is 15.8 Å². The highest BCUT2D eigenvalue weighted by atomic mass is 16.5. The van der Waals surface area contributed by atoms with Gasteiger partial charge in [0, 0.05) is 19.3 Å². The molecule has 3 rings (SSSR count). The molecule has 0 bridgehead atoms. The molecule has 1 aromatic rings. The number of likely N-dealkylation sites (tertiary alicyclic amines) is 1. The van der Waals surface area contributed by atoms with E-state index in [0.29, 0.717) is 11.8 Å². The van der Waals surface area contributed by atoms with E-state index in [-0.39, 0.29) is 24.5 Å². The van der Waals surface area contributed by atoms with Crippen LogP contribution in [0.3, 0.4) is 0 Å². The van der Waals surface area contributed by atoms with E-state index in [0.717, 1.165) is 51.0 Å². The molecule has 1 atom stereocenters. The molecule has 7 nitrogen and oxygen atoms in total. The van der Waals surface area contributed by atoms with Crippen LogP contribution in [0.4, 0.5) is 0 Å². The number of hydrogen-bond donors (Lipinski definition) is 2. The van der Waals surface area contributed by atoms with Gasteiger partial charge >= 0.3 is 0 Å². The lowest BCUT2D eigenvalue weighted by atomic mass is 10.1. The summed E-state index contributed by atoms with van der Waals surface area (Å²) in [6, 6.07) is 7.69. The highest BCUT2D eigenvalue weighted by Crippen LogP contribution is 2.25. The molecule has 2 aliphatic heterocycles. The van der Waals surface area contributed by atoms with Gasteiger partial charge in [0.1, 0.15) is 5.75 Å². The Morgan fingerprint density at radius 2 is 2.04 bits per heavy atom. The van der Waals surface area contributed by atoms with Crippen LogP contribution in [-0.2, 0) is 14.3 Å². The molecule has 2 heterocycles. The summed E-state index contributed by atoms with van der Waals surface area (Å²) in [4.78, 5) is 26.7. The van der Waals surface area contributed by atoms with Crippen LogP contribution in [0.1, 0.15) is 31.2 Å². The average Bonchev–Trinajstić information content (AvgIpc) is 3.15. The molecule has 1 aromatic carbocycles. The molecule has 1 unspecified atom stereocenters. The van der Waals surface area contributed by atoms with Crippen LogP contribution in [0.25, 0.3) is 0 Å². The maximum atomic E-state index is 12.5. The summed E-state index contributed by atoms with van der Waals surface area (Å²) in [5.41, 5.74) is 6.06. The summed E-state index contributed by atoms with van der Waals surface area (Å²) in [6.07, 6.45) is 3.74. The molecule has 2 saturated heterocycles. The van der Waals surface area contributed by atoms with E-state index in [4.69, 9.17) is 9.47 Å². The van der Waals surface area contributed by atoms with Gasteiger partial charge in [-0.3, -0.25) is 25.3 Å². The van der Waals surface area contributed by atoms with Crippen molar-refractivity contribution < 1.29 is 19.1 Å². The first kappa shape index (κ1) is 18.7. The van der Waals surface area contributed by atoms with Crippen LogP contribution in [-0.4, -0.2) is 55.2 Å². The molecule has 0 aromatic heterocycles. The van der Waals surface area contributed by atoms with Crippen molar-refractivity contribution in [3.8, 4) is 5.75 Å². The fourth-order valence-electron chi connectivity index (χ4n) is 3.63. The summed E-state index contributed by atoms with van der Waals surface area (Å²) < 4.78 is 10.8. The summed E-state index contributed by atoms with van der Waals surface area (Å²) >= 11 is 0. The molecule has 142 valence electrons. The lowest BCUT2D eigenvalue weighted by molar-refractivity contribution is -0.133. The number of hydrogen-bond acceptors (Lipinski definition) is 5. The predicted octanol–water partition coefficient (Wildman–Crippen LogP) is 1.16. The maximum Gasteiger partial charge on any atom is 0.276 e. The fraction of sp³-hybridized carbons (Fsp3) is 0.579. The third kappa shape index (κ3) is 4.95. The van der Waals surface area contributed by atoms with E-state index in [1.807, 2.05) is 25.1 Å². The predicted molar refractivity (Wildman–Crippen MR) is 96.5 cm³/mol. The largest absolute Gasteiger partial charge is 0.484 e. The molecule has 0 saturated carbocycles. The van der Waals surface area contributed by atoms with Crippen LogP contribution in [0, 0.1) is 6.92 Å². The van der Waals surface area contributed by atoms with Gasteiger partial charge in [0.25, 0.3) is 11.8 Å². The number of benzene rings is 1. The van der Waals surface area contributed by atoms with Crippen molar-refractivity contribution >= 4 is 11.8 Å². The third-order valence-corrected chi connectivity index (χ3v) is 4.94. The highest BCUT2D eigenvalue weighted by Gasteiger charge is 2.36. The van der Waals surface area contributed by atoms with Gasteiger partial charge < -0.3 is 9.47 Å². The number of hydrazine groups is 1.